The van der Waals surface area contributed by atoms with Gasteiger partial charge in [0.05, 0.1) is 12.2 Å². The smallest absolute Gasteiger partial charge is 0.278 e. The molecule has 0 spiro atoms. The number of imide groups is 1. The highest BCUT2D eigenvalue weighted by molar-refractivity contribution is 6.36. The second-order valence-corrected chi connectivity index (χ2v) is 7.68. The standard InChI is InChI=1S/C24H27ClN2O4/c1-4-14-31-18-11-9-17(10-12-18)21-22(26-20-8-5-7-19(25)16(20)2)24(29)27(23(21)28)13-6-15-30-3/h5,7-12,26H,4,6,13-15H2,1-3H3. The van der Waals surface area contributed by atoms with E-state index in [1.165, 1.54) is 4.90 Å². The van der Waals surface area contributed by atoms with Crippen LogP contribution in [-0.4, -0.2) is 43.6 Å². The van der Waals surface area contributed by atoms with Crippen LogP contribution in [0.3, 0.4) is 0 Å². The van der Waals surface area contributed by atoms with Crippen molar-refractivity contribution in [3.63, 3.8) is 0 Å². The van der Waals surface area contributed by atoms with Gasteiger partial charge in [0.15, 0.2) is 0 Å². The van der Waals surface area contributed by atoms with Gasteiger partial charge in [-0.05, 0) is 55.2 Å². The van der Waals surface area contributed by atoms with Gasteiger partial charge in [0.1, 0.15) is 11.4 Å². The maximum atomic E-state index is 13.2. The number of ether oxygens (including phenoxy) is 2. The summed E-state index contributed by atoms with van der Waals surface area (Å²) in [7, 11) is 1.59. The number of hydrogen-bond donors (Lipinski definition) is 1. The van der Waals surface area contributed by atoms with Crippen LogP contribution in [0.25, 0.3) is 5.57 Å². The van der Waals surface area contributed by atoms with Crippen molar-refractivity contribution in [1.82, 2.24) is 4.90 Å². The Morgan fingerprint density at radius 3 is 2.45 bits per heavy atom. The number of amides is 2. The number of benzene rings is 2. The van der Waals surface area contributed by atoms with Crippen molar-refractivity contribution < 1.29 is 19.1 Å². The molecule has 2 aromatic carbocycles. The fourth-order valence-corrected chi connectivity index (χ4v) is 3.52. The number of nitrogens with zero attached hydrogens (tertiary/aromatic N) is 1. The Labute approximate surface area is 187 Å². The maximum Gasteiger partial charge on any atom is 0.278 e. The minimum Gasteiger partial charge on any atom is -0.494 e. The molecule has 0 atom stereocenters. The summed E-state index contributed by atoms with van der Waals surface area (Å²) in [4.78, 5) is 27.7. The van der Waals surface area contributed by atoms with Gasteiger partial charge >= 0.3 is 0 Å². The molecule has 6 nitrogen and oxygen atoms in total. The van der Waals surface area contributed by atoms with Crippen molar-refractivity contribution in [2.45, 2.75) is 26.7 Å². The summed E-state index contributed by atoms with van der Waals surface area (Å²) in [6.45, 7) is 5.27. The van der Waals surface area contributed by atoms with Crippen molar-refractivity contribution in [1.29, 1.82) is 0 Å². The van der Waals surface area contributed by atoms with Gasteiger partial charge in [-0.1, -0.05) is 36.7 Å². The Hall–Kier alpha value is -2.83. The Kier molecular flexibility index (Phi) is 7.71. The SMILES string of the molecule is CCCOc1ccc(C2=C(Nc3cccc(Cl)c3C)C(=O)N(CCCOC)C2=O)cc1. The lowest BCUT2D eigenvalue weighted by Crippen LogP contribution is -2.34. The summed E-state index contributed by atoms with van der Waals surface area (Å²) in [6.07, 6.45) is 1.47. The van der Waals surface area contributed by atoms with Crippen LogP contribution in [-0.2, 0) is 14.3 Å². The summed E-state index contributed by atoms with van der Waals surface area (Å²) < 4.78 is 10.7. The fraction of sp³-hybridized carbons (Fsp3) is 0.333. The van der Waals surface area contributed by atoms with E-state index in [1.807, 2.05) is 32.0 Å². The third-order valence-electron chi connectivity index (χ3n) is 5.04. The molecule has 31 heavy (non-hydrogen) atoms. The van der Waals surface area contributed by atoms with E-state index in [1.54, 1.807) is 31.4 Å². The third kappa shape index (κ3) is 5.09. The van der Waals surface area contributed by atoms with E-state index in [2.05, 4.69) is 5.32 Å². The monoisotopic (exact) mass is 442 g/mol. The van der Waals surface area contributed by atoms with Crippen LogP contribution in [0, 0.1) is 6.92 Å². The number of methoxy groups -OCH3 is 1. The first-order valence-electron chi connectivity index (χ1n) is 10.3. The second-order valence-electron chi connectivity index (χ2n) is 7.27. The Balaban J connectivity index is 1.98. The molecule has 1 N–H and O–H groups in total. The predicted molar refractivity (Wildman–Crippen MR) is 122 cm³/mol. The molecular formula is C24H27ClN2O4. The lowest BCUT2D eigenvalue weighted by Gasteiger charge is -2.15. The molecule has 1 aliphatic heterocycles. The van der Waals surface area contributed by atoms with Gasteiger partial charge in [-0.15, -0.1) is 0 Å². The van der Waals surface area contributed by atoms with Crippen molar-refractivity contribution >= 4 is 34.7 Å². The largest absolute Gasteiger partial charge is 0.494 e. The first-order chi connectivity index (χ1) is 15.0. The minimum atomic E-state index is -0.359. The number of nitrogens with one attached hydrogen (secondary N) is 1. The quantitative estimate of drug-likeness (QED) is 0.428. The molecule has 0 fully saturated rings. The van der Waals surface area contributed by atoms with Gasteiger partial charge in [-0.3, -0.25) is 14.5 Å². The average Bonchev–Trinajstić information content (AvgIpc) is 3.00. The van der Waals surface area contributed by atoms with Crippen LogP contribution in [0.4, 0.5) is 5.69 Å². The third-order valence-corrected chi connectivity index (χ3v) is 5.45. The second kappa shape index (κ2) is 10.5. The Morgan fingerprint density at radius 2 is 1.77 bits per heavy atom. The number of anilines is 1. The molecule has 0 bridgehead atoms. The van der Waals surface area contributed by atoms with Crippen LogP contribution in [0.15, 0.2) is 48.2 Å². The van der Waals surface area contributed by atoms with E-state index in [0.29, 0.717) is 41.5 Å². The predicted octanol–water partition coefficient (Wildman–Crippen LogP) is 4.67. The number of hydrogen-bond acceptors (Lipinski definition) is 5. The molecular weight excluding hydrogens is 416 g/mol. The molecule has 0 unspecified atom stereocenters. The van der Waals surface area contributed by atoms with Gasteiger partial charge in [-0.2, -0.15) is 0 Å². The number of rotatable bonds is 10. The van der Waals surface area contributed by atoms with Crippen molar-refractivity contribution in [3.05, 3.63) is 64.3 Å². The minimum absolute atomic E-state index is 0.245. The molecule has 7 heteroatoms. The first-order valence-corrected chi connectivity index (χ1v) is 10.7. The van der Waals surface area contributed by atoms with E-state index < -0.39 is 0 Å². The molecule has 0 aromatic heterocycles. The first kappa shape index (κ1) is 22.8. The molecule has 1 aliphatic rings. The number of carbonyl (C=O) groups is 2. The highest BCUT2D eigenvalue weighted by Gasteiger charge is 2.39. The lowest BCUT2D eigenvalue weighted by atomic mass is 10.0. The summed E-state index contributed by atoms with van der Waals surface area (Å²) >= 11 is 6.24. The van der Waals surface area contributed by atoms with Crippen molar-refractivity contribution in [3.8, 4) is 5.75 Å². The van der Waals surface area contributed by atoms with E-state index in [4.69, 9.17) is 21.1 Å². The van der Waals surface area contributed by atoms with Crippen LogP contribution in [0.1, 0.15) is 30.9 Å². The maximum absolute atomic E-state index is 13.2. The van der Waals surface area contributed by atoms with Crippen molar-refractivity contribution in [2.24, 2.45) is 0 Å². The molecule has 1 heterocycles. The van der Waals surface area contributed by atoms with Crippen LogP contribution in [0.5, 0.6) is 5.75 Å². The number of carbonyl (C=O) groups excluding carboxylic acids is 2. The molecule has 2 aromatic rings. The summed E-state index contributed by atoms with van der Waals surface area (Å²) in [5.74, 6) is 0.0346. The zero-order valence-electron chi connectivity index (χ0n) is 18.0. The van der Waals surface area contributed by atoms with Crippen LogP contribution < -0.4 is 10.1 Å². The Bertz CT molecular complexity index is 986. The van der Waals surface area contributed by atoms with Gasteiger partial charge in [0, 0.05) is 31.0 Å². The summed E-state index contributed by atoms with van der Waals surface area (Å²) in [6, 6.07) is 12.6. The molecule has 0 saturated carbocycles. The average molecular weight is 443 g/mol. The highest BCUT2D eigenvalue weighted by Crippen LogP contribution is 2.33. The molecule has 0 aliphatic carbocycles. The van der Waals surface area contributed by atoms with Crippen LogP contribution in [0.2, 0.25) is 5.02 Å². The zero-order valence-corrected chi connectivity index (χ0v) is 18.8. The van der Waals surface area contributed by atoms with Gasteiger partial charge in [0.2, 0.25) is 0 Å². The van der Waals surface area contributed by atoms with Crippen molar-refractivity contribution in [2.75, 3.05) is 32.2 Å². The van der Waals surface area contributed by atoms with E-state index in [-0.39, 0.29) is 24.1 Å². The molecule has 0 saturated heterocycles. The molecule has 2 amide bonds. The number of halogens is 1. The van der Waals surface area contributed by atoms with Crippen LogP contribution >= 0.6 is 11.6 Å². The highest BCUT2D eigenvalue weighted by atomic mass is 35.5. The molecule has 0 radical (unpaired) electrons. The van der Waals surface area contributed by atoms with Gasteiger partial charge in [0.25, 0.3) is 11.8 Å². The van der Waals surface area contributed by atoms with E-state index in [0.717, 1.165) is 17.7 Å². The molecule has 3 rings (SSSR count). The van der Waals surface area contributed by atoms with Gasteiger partial charge in [-0.25, -0.2) is 0 Å². The molecule has 164 valence electrons. The topological polar surface area (TPSA) is 67.9 Å². The Morgan fingerprint density at radius 1 is 1.03 bits per heavy atom. The van der Waals surface area contributed by atoms with Gasteiger partial charge < -0.3 is 14.8 Å². The van der Waals surface area contributed by atoms with E-state index >= 15 is 0 Å². The lowest BCUT2D eigenvalue weighted by molar-refractivity contribution is -0.136. The fourth-order valence-electron chi connectivity index (χ4n) is 3.35. The van der Waals surface area contributed by atoms with E-state index in [9.17, 15) is 9.59 Å². The summed E-state index contributed by atoms with van der Waals surface area (Å²) in [5.41, 5.74) is 2.72. The zero-order chi connectivity index (χ0) is 22.4. The normalized spacial score (nSPS) is 13.9. The summed E-state index contributed by atoms with van der Waals surface area (Å²) in [5, 5.41) is 3.75.